The first-order valence-electron chi connectivity index (χ1n) is 4.82. The second kappa shape index (κ2) is 4.96. The first-order valence-corrected chi connectivity index (χ1v) is 4.82. The van der Waals surface area contributed by atoms with Crippen LogP contribution in [0.1, 0.15) is 24.5 Å². The summed E-state index contributed by atoms with van der Waals surface area (Å²) in [6, 6.07) is 5.16. The number of carbonyl (C=O) groups excluding carboxylic acids is 1. The summed E-state index contributed by atoms with van der Waals surface area (Å²) in [5.41, 5.74) is -0.716. The van der Waals surface area contributed by atoms with Gasteiger partial charge >= 0.3 is 6.18 Å². The molecule has 86 valence electrons. The standard InChI is InChI=1S/C12H11F3O/c1-2-10(16)8-7-9-5-3-4-6-11(9)12(13,14)15/h3-8H,2H2,1H3. The topological polar surface area (TPSA) is 17.1 Å². The van der Waals surface area contributed by atoms with Gasteiger partial charge in [-0.25, -0.2) is 0 Å². The van der Waals surface area contributed by atoms with Gasteiger partial charge in [0, 0.05) is 6.42 Å². The fourth-order valence-corrected chi connectivity index (χ4v) is 1.20. The van der Waals surface area contributed by atoms with Gasteiger partial charge in [0.1, 0.15) is 0 Å². The number of halogens is 3. The van der Waals surface area contributed by atoms with Gasteiger partial charge in [0.05, 0.1) is 5.56 Å². The summed E-state index contributed by atoms with van der Waals surface area (Å²) < 4.78 is 37.6. The van der Waals surface area contributed by atoms with Crippen molar-refractivity contribution in [1.29, 1.82) is 0 Å². The van der Waals surface area contributed by atoms with Crippen LogP contribution >= 0.6 is 0 Å². The smallest absolute Gasteiger partial charge is 0.295 e. The van der Waals surface area contributed by atoms with Crippen LogP contribution in [0.15, 0.2) is 30.3 Å². The molecule has 0 amide bonds. The van der Waals surface area contributed by atoms with Gasteiger partial charge in [0.15, 0.2) is 5.78 Å². The number of rotatable bonds is 3. The number of hydrogen-bond acceptors (Lipinski definition) is 1. The minimum absolute atomic E-state index is 0.0109. The summed E-state index contributed by atoms with van der Waals surface area (Å²) in [6.45, 7) is 1.66. The molecule has 1 aromatic carbocycles. The normalized spacial score (nSPS) is 12.0. The largest absolute Gasteiger partial charge is 0.416 e. The van der Waals surface area contributed by atoms with E-state index >= 15 is 0 Å². The van der Waals surface area contributed by atoms with E-state index in [9.17, 15) is 18.0 Å². The first kappa shape index (κ1) is 12.5. The maximum absolute atomic E-state index is 12.5. The molecule has 0 aliphatic rings. The van der Waals surface area contributed by atoms with E-state index in [1.807, 2.05) is 0 Å². The Kier molecular flexibility index (Phi) is 3.88. The number of ketones is 1. The highest BCUT2D eigenvalue weighted by molar-refractivity contribution is 5.93. The quantitative estimate of drug-likeness (QED) is 0.721. The van der Waals surface area contributed by atoms with Gasteiger partial charge in [-0.2, -0.15) is 13.2 Å². The Bertz CT molecular complexity index is 405. The van der Waals surface area contributed by atoms with Gasteiger partial charge in [-0.1, -0.05) is 31.2 Å². The van der Waals surface area contributed by atoms with Crippen LogP contribution in [0.4, 0.5) is 13.2 Å². The lowest BCUT2D eigenvalue weighted by Crippen LogP contribution is -2.06. The number of alkyl halides is 3. The van der Waals surface area contributed by atoms with Crippen molar-refractivity contribution in [2.45, 2.75) is 19.5 Å². The lowest BCUT2D eigenvalue weighted by molar-refractivity contribution is -0.137. The number of allylic oxidation sites excluding steroid dienone is 1. The molecule has 0 N–H and O–H groups in total. The first-order chi connectivity index (χ1) is 7.45. The zero-order valence-corrected chi connectivity index (χ0v) is 8.71. The molecule has 0 aliphatic heterocycles. The van der Waals surface area contributed by atoms with E-state index in [2.05, 4.69) is 0 Å². The van der Waals surface area contributed by atoms with Crippen molar-refractivity contribution in [1.82, 2.24) is 0 Å². The van der Waals surface area contributed by atoms with Gasteiger partial charge < -0.3 is 0 Å². The highest BCUT2D eigenvalue weighted by Gasteiger charge is 2.32. The Morgan fingerprint density at radius 1 is 1.31 bits per heavy atom. The van der Waals surface area contributed by atoms with Crippen molar-refractivity contribution in [3.63, 3.8) is 0 Å². The maximum atomic E-state index is 12.5. The van der Waals surface area contributed by atoms with Crippen molar-refractivity contribution < 1.29 is 18.0 Å². The average Bonchev–Trinajstić information content (AvgIpc) is 2.25. The van der Waals surface area contributed by atoms with Gasteiger partial charge in [-0.15, -0.1) is 0 Å². The molecule has 1 rings (SSSR count). The fourth-order valence-electron chi connectivity index (χ4n) is 1.20. The van der Waals surface area contributed by atoms with E-state index in [1.165, 1.54) is 30.4 Å². The Morgan fingerprint density at radius 2 is 1.94 bits per heavy atom. The summed E-state index contributed by atoms with van der Waals surface area (Å²) in [6.07, 6.45) is -1.74. The summed E-state index contributed by atoms with van der Waals surface area (Å²) in [7, 11) is 0. The molecule has 0 saturated carbocycles. The molecule has 0 unspecified atom stereocenters. The van der Waals surface area contributed by atoms with Crippen LogP contribution in [0.5, 0.6) is 0 Å². The lowest BCUT2D eigenvalue weighted by atomic mass is 10.1. The summed E-state index contributed by atoms with van der Waals surface area (Å²) in [4.78, 5) is 11.0. The molecular weight excluding hydrogens is 217 g/mol. The van der Waals surface area contributed by atoms with E-state index in [1.54, 1.807) is 6.92 Å². The zero-order valence-electron chi connectivity index (χ0n) is 8.71. The van der Waals surface area contributed by atoms with E-state index in [4.69, 9.17) is 0 Å². The van der Waals surface area contributed by atoms with Crippen LogP contribution in [-0.4, -0.2) is 5.78 Å². The molecule has 0 radical (unpaired) electrons. The third kappa shape index (κ3) is 3.22. The molecule has 0 aromatic heterocycles. The van der Waals surface area contributed by atoms with Crippen molar-refractivity contribution in [3.05, 3.63) is 41.5 Å². The van der Waals surface area contributed by atoms with Crippen LogP contribution in [0.2, 0.25) is 0 Å². The Labute approximate surface area is 91.6 Å². The highest BCUT2D eigenvalue weighted by Crippen LogP contribution is 2.32. The summed E-state index contributed by atoms with van der Waals surface area (Å²) >= 11 is 0. The molecule has 0 saturated heterocycles. The fraction of sp³-hybridized carbons (Fsp3) is 0.250. The molecule has 16 heavy (non-hydrogen) atoms. The predicted octanol–water partition coefficient (Wildman–Crippen LogP) is 3.70. The molecule has 1 nitrogen and oxygen atoms in total. The van der Waals surface area contributed by atoms with E-state index in [0.717, 1.165) is 6.07 Å². The van der Waals surface area contributed by atoms with Crippen LogP contribution in [0.3, 0.4) is 0 Å². The van der Waals surface area contributed by atoms with Crippen molar-refractivity contribution in [2.75, 3.05) is 0 Å². The van der Waals surface area contributed by atoms with Gasteiger partial charge in [0.25, 0.3) is 0 Å². The minimum atomic E-state index is -4.39. The molecule has 4 heteroatoms. The van der Waals surface area contributed by atoms with Crippen LogP contribution in [-0.2, 0) is 11.0 Å². The highest BCUT2D eigenvalue weighted by atomic mass is 19.4. The average molecular weight is 228 g/mol. The number of benzene rings is 1. The third-order valence-corrected chi connectivity index (χ3v) is 2.06. The lowest BCUT2D eigenvalue weighted by Gasteiger charge is -2.09. The maximum Gasteiger partial charge on any atom is 0.416 e. The van der Waals surface area contributed by atoms with Gasteiger partial charge in [0.2, 0.25) is 0 Å². The molecule has 0 atom stereocenters. The molecular formula is C12H11F3O. The van der Waals surface area contributed by atoms with Gasteiger partial charge in [-0.3, -0.25) is 4.79 Å². The minimum Gasteiger partial charge on any atom is -0.295 e. The van der Waals surface area contributed by atoms with Crippen LogP contribution < -0.4 is 0 Å². The van der Waals surface area contributed by atoms with Crippen LogP contribution in [0.25, 0.3) is 6.08 Å². The number of carbonyl (C=O) groups is 1. The van der Waals surface area contributed by atoms with Gasteiger partial charge in [-0.05, 0) is 17.7 Å². The van der Waals surface area contributed by atoms with E-state index < -0.39 is 11.7 Å². The summed E-state index contributed by atoms with van der Waals surface area (Å²) in [5, 5.41) is 0. The molecule has 1 aromatic rings. The monoisotopic (exact) mass is 228 g/mol. The second-order valence-corrected chi connectivity index (χ2v) is 3.24. The Hall–Kier alpha value is -1.58. The predicted molar refractivity (Wildman–Crippen MR) is 55.8 cm³/mol. The molecule has 0 spiro atoms. The molecule has 0 heterocycles. The molecule has 0 fully saturated rings. The molecule has 0 aliphatic carbocycles. The van der Waals surface area contributed by atoms with Crippen molar-refractivity contribution in [2.24, 2.45) is 0 Å². The molecule has 0 bridgehead atoms. The number of hydrogen-bond donors (Lipinski definition) is 0. The van der Waals surface area contributed by atoms with Crippen molar-refractivity contribution in [3.8, 4) is 0 Å². The van der Waals surface area contributed by atoms with E-state index in [0.29, 0.717) is 0 Å². The third-order valence-electron chi connectivity index (χ3n) is 2.06. The van der Waals surface area contributed by atoms with Crippen LogP contribution in [0, 0.1) is 0 Å². The Morgan fingerprint density at radius 3 is 2.50 bits per heavy atom. The SMILES string of the molecule is CCC(=O)C=Cc1ccccc1C(F)(F)F. The van der Waals surface area contributed by atoms with Crippen molar-refractivity contribution >= 4 is 11.9 Å². The second-order valence-electron chi connectivity index (χ2n) is 3.24. The Balaban J connectivity index is 3.05. The van der Waals surface area contributed by atoms with E-state index in [-0.39, 0.29) is 17.8 Å². The zero-order chi connectivity index (χ0) is 12.2. The summed E-state index contributed by atoms with van der Waals surface area (Å²) in [5.74, 6) is -0.197.